The van der Waals surface area contributed by atoms with Crippen LogP contribution in [0.1, 0.15) is 12.5 Å². The number of hydrogen-bond acceptors (Lipinski definition) is 2. The molecule has 0 atom stereocenters. The highest BCUT2D eigenvalue weighted by atomic mass is 19.1. The Hall–Kier alpha value is -1.09. The Bertz CT molecular complexity index is 299. The van der Waals surface area contributed by atoms with E-state index in [0.717, 1.165) is 24.2 Å². The summed E-state index contributed by atoms with van der Waals surface area (Å²) in [5, 5.41) is 0. The molecule has 1 aromatic carbocycles. The van der Waals surface area contributed by atoms with Crippen LogP contribution in [0.5, 0.6) is 0 Å². The maximum Gasteiger partial charge on any atom is 0.123 e. The number of nitrogens with zero attached hydrogens (tertiary/aromatic N) is 1. The summed E-state index contributed by atoms with van der Waals surface area (Å²) in [7, 11) is 1.99. The molecule has 0 aliphatic heterocycles. The third kappa shape index (κ3) is 2.45. The fourth-order valence-electron chi connectivity index (χ4n) is 1.45. The summed E-state index contributed by atoms with van der Waals surface area (Å²) in [6.45, 7) is 3.52. The number of hydrogen-bond donors (Lipinski definition) is 1. The van der Waals surface area contributed by atoms with Gasteiger partial charge in [-0.05, 0) is 43.7 Å². The van der Waals surface area contributed by atoms with E-state index in [1.54, 1.807) is 6.07 Å². The SMILES string of the molecule is CCN(C)c1ccc(F)cc1CCN. The monoisotopic (exact) mass is 196 g/mol. The van der Waals surface area contributed by atoms with Gasteiger partial charge >= 0.3 is 0 Å². The Morgan fingerprint density at radius 2 is 2.14 bits per heavy atom. The van der Waals surface area contributed by atoms with Crippen LogP contribution in [-0.4, -0.2) is 20.1 Å². The smallest absolute Gasteiger partial charge is 0.123 e. The molecule has 0 fully saturated rings. The minimum atomic E-state index is -0.193. The normalized spacial score (nSPS) is 10.3. The summed E-state index contributed by atoms with van der Waals surface area (Å²) in [6, 6.07) is 4.86. The fraction of sp³-hybridized carbons (Fsp3) is 0.455. The van der Waals surface area contributed by atoms with E-state index in [9.17, 15) is 4.39 Å². The molecule has 0 radical (unpaired) electrons. The molecule has 0 spiro atoms. The molecular formula is C11H17FN2. The second-order valence-corrected chi connectivity index (χ2v) is 3.33. The molecule has 0 aliphatic carbocycles. The van der Waals surface area contributed by atoms with Gasteiger partial charge in [0.1, 0.15) is 5.82 Å². The quantitative estimate of drug-likeness (QED) is 0.795. The maximum atomic E-state index is 13.0. The van der Waals surface area contributed by atoms with Crippen molar-refractivity contribution in [1.82, 2.24) is 0 Å². The molecule has 0 amide bonds. The van der Waals surface area contributed by atoms with E-state index in [0.29, 0.717) is 6.54 Å². The number of rotatable bonds is 4. The lowest BCUT2D eigenvalue weighted by molar-refractivity contribution is 0.625. The van der Waals surface area contributed by atoms with Crippen molar-refractivity contribution in [2.75, 3.05) is 25.0 Å². The molecule has 0 aromatic heterocycles. The first kappa shape index (κ1) is 11.0. The van der Waals surface area contributed by atoms with Gasteiger partial charge in [0.05, 0.1) is 0 Å². The highest BCUT2D eigenvalue weighted by Crippen LogP contribution is 2.20. The van der Waals surface area contributed by atoms with E-state index in [-0.39, 0.29) is 5.82 Å². The summed E-state index contributed by atoms with van der Waals surface area (Å²) >= 11 is 0. The van der Waals surface area contributed by atoms with Gasteiger partial charge in [0, 0.05) is 19.3 Å². The van der Waals surface area contributed by atoms with Gasteiger partial charge in [0.15, 0.2) is 0 Å². The molecule has 0 saturated carbocycles. The fourth-order valence-corrected chi connectivity index (χ4v) is 1.45. The zero-order chi connectivity index (χ0) is 10.6. The molecule has 0 aliphatic rings. The Labute approximate surface area is 84.5 Å². The van der Waals surface area contributed by atoms with Gasteiger partial charge in [-0.25, -0.2) is 4.39 Å². The maximum absolute atomic E-state index is 13.0. The first-order chi connectivity index (χ1) is 6.69. The molecule has 0 saturated heterocycles. The summed E-state index contributed by atoms with van der Waals surface area (Å²) in [6.07, 6.45) is 0.720. The van der Waals surface area contributed by atoms with Crippen molar-refractivity contribution < 1.29 is 4.39 Å². The zero-order valence-corrected chi connectivity index (χ0v) is 8.76. The van der Waals surface area contributed by atoms with E-state index < -0.39 is 0 Å². The average molecular weight is 196 g/mol. The zero-order valence-electron chi connectivity index (χ0n) is 8.76. The molecular weight excluding hydrogens is 179 g/mol. The topological polar surface area (TPSA) is 29.3 Å². The minimum absolute atomic E-state index is 0.193. The Morgan fingerprint density at radius 1 is 1.43 bits per heavy atom. The number of nitrogens with two attached hydrogens (primary N) is 1. The lowest BCUT2D eigenvalue weighted by Gasteiger charge is -2.20. The standard InChI is InChI=1S/C11H17FN2/c1-3-14(2)11-5-4-10(12)8-9(11)6-7-13/h4-5,8H,3,6-7,13H2,1-2H3. The van der Waals surface area contributed by atoms with Crippen molar-refractivity contribution >= 4 is 5.69 Å². The summed E-state index contributed by atoms with van der Waals surface area (Å²) in [5.74, 6) is -0.193. The number of anilines is 1. The van der Waals surface area contributed by atoms with E-state index in [1.165, 1.54) is 6.07 Å². The van der Waals surface area contributed by atoms with Crippen LogP contribution in [0.3, 0.4) is 0 Å². The van der Waals surface area contributed by atoms with E-state index >= 15 is 0 Å². The molecule has 3 heteroatoms. The molecule has 1 aromatic rings. The van der Waals surface area contributed by atoms with Gasteiger partial charge in [-0.15, -0.1) is 0 Å². The molecule has 14 heavy (non-hydrogen) atoms. The second-order valence-electron chi connectivity index (χ2n) is 3.33. The van der Waals surface area contributed by atoms with Crippen LogP contribution in [0.2, 0.25) is 0 Å². The van der Waals surface area contributed by atoms with Crippen molar-refractivity contribution in [2.24, 2.45) is 5.73 Å². The predicted molar refractivity (Wildman–Crippen MR) is 58.1 cm³/mol. The van der Waals surface area contributed by atoms with E-state index in [1.807, 2.05) is 13.1 Å². The summed E-state index contributed by atoms with van der Waals surface area (Å²) < 4.78 is 13.0. The minimum Gasteiger partial charge on any atom is -0.375 e. The molecule has 78 valence electrons. The average Bonchev–Trinajstić information content (AvgIpc) is 2.17. The van der Waals surface area contributed by atoms with Crippen LogP contribution in [0.25, 0.3) is 0 Å². The highest BCUT2D eigenvalue weighted by molar-refractivity contribution is 5.53. The van der Waals surface area contributed by atoms with Crippen LogP contribution in [0.4, 0.5) is 10.1 Å². The van der Waals surface area contributed by atoms with Gasteiger partial charge in [-0.1, -0.05) is 0 Å². The van der Waals surface area contributed by atoms with Crippen LogP contribution >= 0.6 is 0 Å². The number of halogens is 1. The van der Waals surface area contributed by atoms with Crippen LogP contribution < -0.4 is 10.6 Å². The lowest BCUT2D eigenvalue weighted by atomic mass is 10.1. The molecule has 1 rings (SSSR count). The molecule has 2 nitrogen and oxygen atoms in total. The lowest BCUT2D eigenvalue weighted by Crippen LogP contribution is -2.18. The molecule has 2 N–H and O–H groups in total. The Kier molecular flexibility index (Phi) is 3.89. The van der Waals surface area contributed by atoms with Gasteiger partial charge in [-0.2, -0.15) is 0 Å². The van der Waals surface area contributed by atoms with Gasteiger partial charge in [0.2, 0.25) is 0 Å². The van der Waals surface area contributed by atoms with Crippen molar-refractivity contribution in [1.29, 1.82) is 0 Å². The summed E-state index contributed by atoms with van der Waals surface area (Å²) in [4.78, 5) is 2.09. The third-order valence-corrected chi connectivity index (χ3v) is 2.34. The summed E-state index contributed by atoms with van der Waals surface area (Å²) in [5.41, 5.74) is 7.53. The predicted octanol–water partition coefficient (Wildman–Crippen LogP) is 1.78. The highest BCUT2D eigenvalue weighted by Gasteiger charge is 2.06. The number of benzene rings is 1. The van der Waals surface area contributed by atoms with Crippen LogP contribution in [0, 0.1) is 5.82 Å². The van der Waals surface area contributed by atoms with Gasteiger partial charge in [-0.3, -0.25) is 0 Å². The van der Waals surface area contributed by atoms with Crippen molar-refractivity contribution in [3.8, 4) is 0 Å². The largest absolute Gasteiger partial charge is 0.375 e. The first-order valence-electron chi connectivity index (χ1n) is 4.88. The van der Waals surface area contributed by atoms with E-state index in [4.69, 9.17) is 5.73 Å². The van der Waals surface area contributed by atoms with Crippen LogP contribution in [0.15, 0.2) is 18.2 Å². The Morgan fingerprint density at radius 3 is 2.71 bits per heavy atom. The second kappa shape index (κ2) is 4.96. The molecule has 0 heterocycles. The van der Waals surface area contributed by atoms with Gasteiger partial charge in [0.25, 0.3) is 0 Å². The van der Waals surface area contributed by atoms with Crippen molar-refractivity contribution in [2.45, 2.75) is 13.3 Å². The van der Waals surface area contributed by atoms with Crippen LogP contribution in [-0.2, 0) is 6.42 Å². The molecule has 0 bridgehead atoms. The molecule has 0 unspecified atom stereocenters. The van der Waals surface area contributed by atoms with E-state index in [2.05, 4.69) is 11.8 Å². The first-order valence-corrected chi connectivity index (χ1v) is 4.88. The van der Waals surface area contributed by atoms with Crippen molar-refractivity contribution in [3.63, 3.8) is 0 Å². The van der Waals surface area contributed by atoms with Crippen molar-refractivity contribution in [3.05, 3.63) is 29.6 Å². The van der Waals surface area contributed by atoms with Gasteiger partial charge < -0.3 is 10.6 Å². The Balaban J connectivity index is 3.01. The third-order valence-electron chi connectivity index (χ3n) is 2.34.